The van der Waals surface area contributed by atoms with Gasteiger partial charge in [-0.2, -0.15) is 4.98 Å². The van der Waals surface area contributed by atoms with Crippen LogP contribution >= 0.6 is 0 Å². The summed E-state index contributed by atoms with van der Waals surface area (Å²) >= 11 is 0. The van der Waals surface area contributed by atoms with Gasteiger partial charge in [0.05, 0.1) is 18.1 Å². The topological polar surface area (TPSA) is 64.9 Å². The number of hydrogen-bond acceptors (Lipinski definition) is 5. The maximum absolute atomic E-state index is 5.18. The van der Waals surface area contributed by atoms with E-state index in [1.54, 1.807) is 13.3 Å². The smallest absolute Gasteiger partial charge is 0.237 e. The number of fused-ring (bicyclic) bond motifs is 1. The highest BCUT2D eigenvalue weighted by atomic mass is 16.5. The zero-order valence-corrected chi connectivity index (χ0v) is 14.0. The number of aromatic nitrogens is 4. The summed E-state index contributed by atoms with van der Waals surface area (Å²) in [5.74, 6) is 2.97. The molecule has 0 unspecified atom stereocenters. The van der Waals surface area contributed by atoms with Gasteiger partial charge in [-0.3, -0.25) is 4.57 Å². The van der Waals surface area contributed by atoms with E-state index in [1.165, 1.54) is 0 Å². The van der Waals surface area contributed by atoms with Crippen LogP contribution in [0, 0.1) is 6.92 Å². The summed E-state index contributed by atoms with van der Waals surface area (Å²) in [6.45, 7) is 1.95. The van der Waals surface area contributed by atoms with E-state index in [9.17, 15) is 0 Å². The fourth-order valence-corrected chi connectivity index (χ4v) is 2.75. The summed E-state index contributed by atoms with van der Waals surface area (Å²) in [4.78, 5) is 13.6. The van der Waals surface area contributed by atoms with Crippen LogP contribution in [-0.2, 0) is 0 Å². The van der Waals surface area contributed by atoms with E-state index in [0.717, 1.165) is 28.3 Å². The Bertz CT molecular complexity index is 1020. The molecule has 0 aliphatic rings. The van der Waals surface area contributed by atoms with Crippen molar-refractivity contribution in [2.45, 2.75) is 6.92 Å². The van der Waals surface area contributed by atoms with E-state index in [2.05, 4.69) is 20.3 Å². The molecule has 0 aliphatic carbocycles. The van der Waals surface area contributed by atoms with E-state index in [-0.39, 0.29) is 0 Å². The number of methoxy groups -OCH3 is 1. The lowest BCUT2D eigenvalue weighted by Crippen LogP contribution is -2.05. The minimum absolute atomic E-state index is 0.588. The molecule has 0 atom stereocenters. The number of nitrogens with one attached hydrogen (secondary N) is 1. The van der Waals surface area contributed by atoms with Crippen LogP contribution in [-0.4, -0.2) is 26.6 Å². The van der Waals surface area contributed by atoms with Crippen LogP contribution in [0.5, 0.6) is 5.75 Å². The predicted octanol–water partition coefficient (Wildman–Crippen LogP) is 3.88. The van der Waals surface area contributed by atoms with Gasteiger partial charge >= 0.3 is 0 Å². The van der Waals surface area contributed by atoms with Crippen molar-refractivity contribution < 1.29 is 4.74 Å². The molecule has 1 N–H and O–H groups in total. The Kier molecular flexibility index (Phi) is 3.78. The van der Waals surface area contributed by atoms with Crippen LogP contribution in [0.2, 0.25) is 0 Å². The van der Waals surface area contributed by atoms with Crippen molar-refractivity contribution in [1.29, 1.82) is 0 Å². The molecular formula is C19H17N5O. The van der Waals surface area contributed by atoms with E-state index >= 15 is 0 Å². The number of aryl methyl sites for hydroxylation is 1. The average Bonchev–Trinajstić information content (AvgIpc) is 2.98. The first kappa shape index (κ1) is 15.1. The third-order valence-electron chi connectivity index (χ3n) is 3.93. The lowest BCUT2D eigenvalue weighted by atomic mass is 10.3. The molecule has 0 aliphatic heterocycles. The molecule has 2 aromatic carbocycles. The number of ether oxygens (including phenoxy) is 1. The van der Waals surface area contributed by atoms with Gasteiger partial charge in [0.2, 0.25) is 5.95 Å². The summed E-state index contributed by atoms with van der Waals surface area (Å²) in [6.07, 6.45) is 1.74. The van der Waals surface area contributed by atoms with Gasteiger partial charge in [0.1, 0.15) is 17.4 Å². The molecule has 2 heterocycles. The second kappa shape index (κ2) is 6.24. The number of nitrogens with zero attached hydrogens (tertiary/aromatic N) is 4. The first-order chi connectivity index (χ1) is 12.2. The predicted molar refractivity (Wildman–Crippen MR) is 97.7 cm³/mol. The normalized spacial score (nSPS) is 10.8. The van der Waals surface area contributed by atoms with Crippen molar-refractivity contribution >= 4 is 22.5 Å². The Morgan fingerprint density at radius 2 is 1.76 bits per heavy atom. The fraction of sp³-hybridized carbons (Fsp3) is 0.105. The van der Waals surface area contributed by atoms with Gasteiger partial charge in [-0.05, 0) is 49.4 Å². The first-order valence-corrected chi connectivity index (χ1v) is 7.93. The van der Waals surface area contributed by atoms with Gasteiger partial charge in [-0.15, -0.1) is 0 Å². The zero-order chi connectivity index (χ0) is 17.2. The van der Waals surface area contributed by atoms with Crippen LogP contribution in [0.4, 0.5) is 11.5 Å². The summed E-state index contributed by atoms with van der Waals surface area (Å²) in [6, 6.07) is 17.5. The molecule has 0 bridgehead atoms. The van der Waals surface area contributed by atoms with Crippen molar-refractivity contribution in [1.82, 2.24) is 19.5 Å². The van der Waals surface area contributed by atoms with Crippen molar-refractivity contribution in [2.75, 3.05) is 12.4 Å². The third-order valence-corrected chi connectivity index (χ3v) is 3.93. The number of para-hydroxylation sites is 2. The number of hydrogen-bond donors (Lipinski definition) is 1. The van der Waals surface area contributed by atoms with Crippen LogP contribution in [0.1, 0.15) is 5.82 Å². The highest BCUT2D eigenvalue weighted by Crippen LogP contribution is 2.21. The summed E-state index contributed by atoms with van der Waals surface area (Å²) in [7, 11) is 1.65. The van der Waals surface area contributed by atoms with E-state index in [0.29, 0.717) is 11.8 Å². The van der Waals surface area contributed by atoms with E-state index in [4.69, 9.17) is 4.74 Å². The Balaban J connectivity index is 1.70. The van der Waals surface area contributed by atoms with Crippen LogP contribution in [0.15, 0.2) is 60.8 Å². The standard InChI is InChI=1S/C19H17N5O/c1-13-21-16-5-3-4-6-17(16)24(13)19-20-12-11-18(23-19)22-14-7-9-15(25-2)10-8-14/h3-12H,1-2H3,(H,20,22,23). The molecule has 0 spiro atoms. The van der Waals surface area contributed by atoms with Gasteiger partial charge in [-0.1, -0.05) is 12.1 Å². The van der Waals surface area contributed by atoms with Gasteiger partial charge in [0, 0.05) is 11.9 Å². The highest BCUT2D eigenvalue weighted by Gasteiger charge is 2.11. The highest BCUT2D eigenvalue weighted by molar-refractivity contribution is 5.77. The molecule has 25 heavy (non-hydrogen) atoms. The van der Waals surface area contributed by atoms with E-state index in [1.807, 2.05) is 66.1 Å². The largest absolute Gasteiger partial charge is 0.497 e. The monoisotopic (exact) mass is 331 g/mol. The van der Waals surface area contributed by atoms with Gasteiger partial charge in [-0.25, -0.2) is 9.97 Å². The molecule has 124 valence electrons. The molecule has 0 radical (unpaired) electrons. The van der Waals surface area contributed by atoms with Crippen molar-refractivity contribution in [2.24, 2.45) is 0 Å². The molecule has 0 saturated heterocycles. The minimum Gasteiger partial charge on any atom is -0.497 e. The van der Waals surface area contributed by atoms with Crippen LogP contribution in [0.3, 0.4) is 0 Å². The maximum atomic E-state index is 5.18. The van der Waals surface area contributed by atoms with Gasteiger partial charge in [0.25, 0.3) is 0 Å². The second-order valence-corrected chi connectivity index (χ2v) is 5.58. The number of benzene rings is 2. The Labute approximate surface area is 145 Å². The number of rotatable bonds is 4. The minimum atomic E-state index is 0.588. The van der Waals surface area contributed by atoms with Crippen LogP contribution < -0.4 is 10.1 Å². The molecule has 2 aromatic heterocycles. The lowest BCUT2D eigenvalue weighted by Gasteiger charge is -2.09. The summed E-state index contributed by atoms with van der Waals surface area (Å²) in [5, 5.41) is 3.28. The third kappa shape index (κ3) is 2.89. The average molecular weight is 331 g/mol. The van der Waals surface area contributed by atoms with Crippen molar-refractivity contribution in [3.05, 3.63) is 66.6 Å². The molecule has 0 fully saturated rings. The van der Waals surface area contributed by atoms with Gasteiger partial charge < -0.3 is 10.1 Å². The zero-order valence-electron chi connectivity index (χ0n) is 14.0. The fourth-order valence-electron chi connectivity index (χ4n) is 2.75. The Hall–Kier alpha value is -3.41. The molecule has 4 aromatic rings. The summed E-state index contributed by atoms with van der Waals surface area (Å²) in [5.41, 5.74) is 2.84. The lowest BCUT2D eigenvalue weighted by molar-refractivity contribution is 0.415. The van der Waals surface area contributed by atoms with E-state index < -0.39 is 0 Å². The summed E-state index contributed by atoms with van der Waals surface area (Å²) < 4.78 is 7.13. The first-order valence-electron chi connectivity index (χ1n) is 7.93. The molecule has 4 rings (SSSR count). The SMILES string of the molecule is COc1ccc(Nc2ccnc(-n3c(C)nc4ccccc43)n2)cc1. The molecule has 0 amide bonds. The number of anilines is 2. The van der Waals surface area contributed by atoms with Gasteiger partial charge in [0.15, 0.2) is 0 Å². The number of imidazole rings is 1. The van der Waals surface area contributed by atoms with Crippen molar-refractivity contribution in [3.8, 4) is 11.7 Å². The molecule has 6 nitrogen and oxygen atoms in total. The Morgan fingerprint density at radius 3 is 2.56 bits per heavy atom. The maximum Gasteiger partial charge on any atom is 0.237 e. The molecular weight excluding hydrogens is 314 g/mol. The Morgan fingerprint density at radius 1 is 0.960 bits per heavy atom. The van der Waals surface area contributed by atoms with Crippen LogP contribution in [0.25, 0.3) is 17.0 Å². The van der Waals surface area contributed by atoms with Crippen molar-refractivity contribution in [3.63, 3.8) is 0 Å². The molecule has 6 heteroatoms. The second-order valence-electron chi connectivity index (χ2n) is 5.58. The quantitative estimate of drug-likeness (QED) is 0.615. The molecule has 0 saturated carbocycles.